The van der Waals surface area contributed by atoms with E-state index in [2.05, 4.69) is 17.1 Å². The molecule has 0 bridgehead atoms. The highest BCUT2D eigenvalue weighted by Crippen LogP contribution is 1.97. The topological polar surface area (TPSA) is 41.5 Å². The minimum atomic E-state index is -0.215. The summed E-state index contributed by atoms with van der Waals surface area (Å²) in [6.45, 7) is 9.32. The maximum absolute atomic E-state index is 11.5. The molecule has 0 unspecified atom stereocenters. The molecule has 0 aliphatic carbocycles. The van der Waals surface area contributed by atoms with Crippen LogP contribution in [-0.2, 0) is 4.79 Å². The Morgan fingerprint density at radius 1 is 1.47 bits per heavy atom. The number of carbonyl (C=O) groups is 1. The fourth-order valence-corrected chi connectivity index (χ4v) is 0.784. The van der Waals surface area contributed by atoms with Gasteiger partial charge in [-0.1, -0.05) is 38.7 Å². The van der Waals surface area contributed by atoms with Gasteiger partial charge in [0.05, 0.1) is 0 Å². The standard InChI is InChI=1S/C12H18N2O/c1-5-7-8-11(6-2)12(15)14-13-9-10(3)4/h5-10H,1H2,2-4H3,(H,14,15)/b8-7-,11-6+,13-9+. The van der Waals surface area contributed by atoms with Gasteiger partial charge < -0.3 is 0 Å². The van der Waals surface area contributed by atoms with Crippen molar-refractivity contribution in [1.82, 2.24) is 5.43 Å². The third-order valence-electron chi connectivity index (χ3n) is 1.52. The summed E-state index contributed by atoms with van der Waals surface area (Å²) in [4.78, 5) is 11.5. The van der Waals surface area contributed by atoms with Crippen molar-refractivity contribution in [2.45, 2.75) is 20.8 Å². The minimum absolute atomic E-state index is 0.215. The van der Waals surface area contributed by atoms with Gasteiger partial charge in [-0.2, -0.15) is 5.10 Å². The first kappa shape index (κ1) is 13.4. The van der Waals surface area contributed by atoms with Crippen LogP contribution in [0.15, 0.2) is 41.6 Å². The summed E-state index contributed by atoms with van der Waals surface area (Å²) in [6.07, 6.45) is 8.42. The average molecular weight is 206 g/mol. The molecule has 0 saturated heterocycles. The monoisotopic (exact) mass is 206 g/mol. The van der Waals surface area contributed by atoms with Gasteiger partial charge >= 0.3 is 0 Å². The molecule has 1 amide bonds. The summed E-state index contributed by atoms with van der Waals surface area (Å²) < 4.78 is 0. The minimum Gasteiger partial charge on any atom is -0.267 e. The first-order valence-corrected chi connectivity index (χ1v) is 4.90. The Morgan fingerprint density at radius 3 is 2.60 bits per heavy atom. The van der Waals surface area contributed by atoms with Gasteiger partial charge in [-0.15, -0.1) is 0 Å². The molecule has 1 N–H and O–H groups in total. The molecule has 0 atom stereocenters. The Bertz CT molecular complexity index is 299. The van der Waals surface area contributed by atoms with E-state index < -0.39 is 0 Å². The lowest BCUT2D eigenvalue weighted by atomic mass is 10.2. The number of carbonyl (C=O) groups excluding carboxylic acids is 1. The number of hydrogen-bond donors (Lipinski definition) is 1. The van der Waals surface area contributed by atoms with Crippen molar-refractivity contribution in [3.05, 3.63) is 36.5 Å². The van der Waals surface area contributed by atoms with Gasteiger partial charge in [0.2, 0.25) is 0 Å². The van der Waals surface area contributed by atoms with E-state index in [1.165, 1.54) is 0 Å². The normalized spacial score (nSPS) is 12.7. The van der Waals surface area contributed by atoms with E-state index in [-0.39, 0.29) is 5.91 Å². The predicted octanol–water partition coefficient (Wildman–Crippen LogP) is 2.43. The van der Waals surface area contributed by atoms with E-state index in [1.807, 2.05) is 13.8 Å². The van der Waals surface area contributed by atoms with Crippen molar-refractivity contribution in [1.29, 1.82) is 0 Å². The summed E-state index contributed by atoms with van der Waals surface area (Å²) >= 11 is 0. The molecular weight excluding hydrogens is 188 g/mol. The van der Waals surface area contributed by atoms with Crippen LogP contribution in [0.25, 0.3) is 0 Å². The molecular formula is C12H18N2O. The number of nitrogens with one attached hydrogen (secondary N) is 1. The van der Waals surface area contributed by atoms with Gasteiger partial charge in [-0.3, -0.25) is 4.79 Å². The van der Waals surface area contributed by atoms with Crippen LogP contribution in [-0.4, -0.2) is 12.1 Å². The van der Waals surface area contributed by atoms with Gasteiger partial charge in [0.15, 0.2) is 0 Å². The number of hydrazone groups is 1. The zero-order chi connectivity index (χ0) is 11.7. The molecule has 0 aliphatic rings. The van der Waals surface area contributed by atoms with Crippen molar-refractivity contribution < 1.29 is 4.79 Å². The Hall–Kier alpha value is -1.64. The number of hydrogen-bond acceptors (Lipinski definition) is 2. The fraction of sp³-hybridized carbons (Fsp3) is 0.333. The number of allylic oxidation sites excluding steroid dienone is 3. The number of nitrogens with zero attached hydrogens (tertiary/aromatic N) is 1. The summed E-state index contributed by atoms with van der Waals surface area (Å²) in [5.41, 5.74) is 3.02. The lowest BCUT2D eigenvalue weighted by molar-refractivity contribution is -0.117. The molecule has 0 rings (SSSR count). The summed E-state index contributed by atoms with van der Waals surface area (Å²) in [7, 11) is 0. The zero-order valence-corrected chi connectivity index (χ0v) is 9.53. The summed E-state index contributed by atoms with van der Waals surface area (Å²) in [5.74, 6) is 0.107. The summed E-state index contributed by atoms with van der Waals surface area (Å²) in [6, 6.07) is 0. The molecule has 0 aromatic carbocycles. The molecule has 82 valence electrons. The SMILES string of the molecule is C=C/C=C\C(=C/C)C(=O)N/N=C/C(C)C. The van der Waals surface area contributed by atoms with Crippen molar-refractivity contribution >= 4 is 12.1 Å². The molecule has 0 radical (unpaired) electrons. The van der Waals surface area contributed by atoms with Crippen LogP contribution in [0.5, 0.6) is 0 Å². The molecule has 3 nitrogen and oxygen atoms in total. The van der Waals surface area contributed by atoms with Crippen LogP contribution < -0.4 is 5.43 Å². The first-order valence-electron chi connectivity index (χ1n) is 4.90. The molecule has 0 heterocycles. The molecule has 0 aromatic heterocycles. The van der Waals surface area contributed by atoms with Crippen LogP contribution >= 0.6 is 0 Å². The quantitative estimate of drug-likeness (QED) is 0.319. The number of amides is 1. The van der Waals surface area contributed by atoms with Crippen molar-refractivity contribution in [3.8, 4) is 0 Å². The predicted molar refractivity (Wildman–Crippen MR) is 64.6 cm³/mol. The molecule has 3 heteroatoms. The second kappa shape index (κ2) is 7.74. The van der Waals surface area contributed by atoms with Crippen LogP contribution in [0.1, 0.15) is 20.8 Å². The maximum Gasteiger partial charge on any atom is 0.271 e. The van der Waals surface area contributed by atoms with E-state index in [0.29, 0.717) is 11.5 Å². The molecule has 15 heavy (non-hydrogen) atoms. The van der Waals surface area contributed by atoms with Crippen LogP contribution in [0, 0.1) is 5.92 Å². The Morgan fingerprint density at radius 2 is 2.13 bits per heavy atom. The molecule has 0 aliphatic heterocycles. The van der Waals surface area contributed by atoms with E-state index >= 15 is 0 Å². The second-order valence-corrected chi connectivity index (χ2v) is 3.30. The Balaban J connectivity index is 4.30. The third-order valence-corrected chi connectivity index (χ3v) is 1.52. The van der Waals surface area contributed by atoms with Gasteiger partial charge in [-0.25, -0.2) is 5.43 Å². The van der Waals surface area contributed by atoms with Crippen LogP contribution in [0.3, 0.4) is 0 Å². The van der Waals surface area contributed by atoms with Gasteiger partial charge in [0.25, 0.3) is 5.91 Å². The first-order chi connectivity index (χ1) is 7.11. The molecule has 0 aromatic rings. The van der Waals surface area contributed by atoms with E-state index in [4.69, 9.17) is 0 Å². The lowest BCUT2D eigenvalue weighted by Gasteiger charge is -1.99. The van der Waals surface area contributed by atoms with Crippen molar-refractivity contribution in [3.63, 3.8) is 0 Å². The highest BCUT2D eigenvalue weighted by Gasteiger charge is 2.02. The van der Waals surface area contributed by atoms with Crippen LogP contribution in [0.4, 0.5) is 0 Å². The highest BCUT2D eigenvalue weighted by molar-refractivity contribution is 5.96. The maximum atomic E-state index is 11.5. The Labute approximate surface area is 91.3 Å². The molecule has 0 fully saturated rings. The zero-order valence-electron chi connectivity index (χ0n) is 9.53. The lowest BCUT2D eigenvalue weighted by Crippen LogP contribution is -2.19. The van der Waals surface area contributed by atoms with Crippen LogP contribution in [0.2, 0.25) is 0 Å². The summed E-state index contributed by atoms with van der Waals surface area (Å²) in [5, 5.41) is 3.82. The number of rotatable bonds is 5. The Kier molecular flexibility index (Phi) is 6.89. The van der Waals surface area contributed by atoms with Gasteiger partial charge in [-0.05, 0) is 18.9 Å². The van der Waals surface area contributed by atoms with E-state index in [9.17, 15) is 4.79 Å². The van der Waals surface area contributed by atoms with Crippen molar-refractivity contribution in [2.75, 3.05) is 0 Å². The smallest absolute Gasteiger partial charge is 0.267 e. The van der Waals surface area contributed by atoms with Gasteiger partial charge in [0.1, 0.15) is 0 Å². The molecule has 0 spiro atoms. The van der Waals surface area contributed by atoms with E-state index in [0.717, 1.165) is 0 Å². The largest absolute Gasteiger partial charge is 0.271 e. The fourth-order valence-electron chi connectivity index (χ4n) is 0.784. The molecule has 0 saturated carbocycles. The second-order valence-electron chi connectivity index (χ2n) is 3.30. The highest BCUT2D eigenvalue weighted by atomic mass is 16.2. The van der Waals surface area contributed by atoms with E-state index in [1.54, 1.807) is 37.4 Å². The van der Waals surface area contributed by atoms with Gasteiger partial charge in [0, 0.05) is 11.8 Å². The van der Waals surface area contributed by atoms with Crippen molar-refractivity contribution in [2.24, 2.45) is 11.0 Å². The average Bonchev–Trinajstić information content (AvgIpc) is 2.18. The third kappa shape index (κ3) is 6.43.